The minimum atomic E-state index is -3.99. The molecule has 1 N–H and O–H groups in total. The summed E-state index contributed by atoms with van der Waals surface area (Å²) >= 11 is 3.73. The van der Waals surface area contributed by atoms with E-state index in [0.717, 1.165) is 0 Å². The number of quaternary nitrogens is 1. The standard InChI is InChI=1S/C12H27N.C3H8O3S2/c1-4-7-10-13(11-8-5-2)12-9-6-3;4-8(5,6)3-1-2-7/h4-12H2,1-3H3;7H,1-3H2,(H,4,5,6). The Morgan fingerprint density at radius 3 is 1.43 bits per heavy atom. The van der Waals surface area contributed by atoms with Crippen LogP contribution in [0.25, 0.3) is 0 Å². The molecule has 0 spiro atoms. The maximum absolute atomic E-state index is 9.80. The lowest BCUT2D eigenvalue weighted by molar-refractivity contribution is -0.900. The fraction of sp³-hybridized carbons (Fsp3) is 1.00. The second kappa shape index (κ2) is 16.6. The second-order valence-electron chi connectivity index (χ2n) is 5.40. The molecule has 0 aliphatic heterocycles. The summed E-state index contributed by atoms with van der Waals surface area (Å²) in [4.78, 5) is 1.84. The SMILES string of the molecule is CCCC[NH+](CCCC)CCCC.O=S(=O)([O-])CCCS. The molecule has 0 amide bonds. The number of unbranched alkanes of at least 4 members (excludes halogenated alkanes) is 3. The van der Waals surface area contributed by atoms with Gasteiger partial charge in [-0.25, -0.2) is 8.42 Å². The van der Waals surface area contributed by atoms with Crippen LogP contribution in [0.5, 0.6) is 0 Å². The first-order valence-electron chi connectivity index (χ1n) is 8.29. The van der Waals surface area contributed by atoms with Crippen molar-refractivity contribution in [3.05, 3.63) is 0 Å². The van der Waals surface area contributed by atoms with Gasteiger partial charge in [-0.15, -0.1) is 0 Å². The first-order chi connectivity index (χ1) is 9.91. The highest BCUT2D eigenvalue weighted by molar-refractivity contribution is 7.85. The van der Waals surface area contributed by atoms with Crippen molar-refractivity contribution in [2.75, 3.05) is 31.1 Å². The molecule has 0 atom stereocenters. The van der Waals surface area contributed by atoms with Crippen molar-refractivity contribution in [3.63, 3.8) is 0 Å². The van der Waals surface area contributed by atoms with Gasteiger partial charge in [-0.05, 0) is 31.4 Å². The van der Waals surface area contributed by atoms with E-state index in [0.29, 0.717) is 12.2 Å². The van der Waals surface area contributed by atoms with E-state index in [9.17, 15) is 13.0 Å². The normalized spacial score (nSPS) is 11.3. The molecular weight excluding hydrogens is 306 g/mol. The van der Waals surface area contributed by atoms with E-state index < -0.39 is 10.1 Å². The van der Waals surface area contributed by atoms with E-state index in [1.807, 2.05) is 4.90 Å². The first-order valence-corrected chi connectivity index (χ1v) is 10.5. The summed E-state index contributed by atoms with van der Waals surface area (Å²) < 4.78 is 29.4. The van der Waals surface area contributed by atoms with Gasteiger partial charge in [0.15, 0.2) is 0 Å². The lowest BCUT2D eigenvalue weighted by Crippen LogP contribution is -3.12. The molecule has 21 heavy (non-hydrogen) atoms. The smallest absolute Gasteiger partial charge is 0.0946 e. The molecule has 0 heterocycles. The van der Waals surface area contributed by atoms with Crippen molar-refractivity contribution in [2.45, 2.75) is 65.7 Å². The second-order valence-corrected chi connectivity index (χ2v) is 7.37. The summed E-state index contributed by atoms with van der Waals surface area (Å²) in [6.07, 6.45) is 8.61. The lowest BCUT2D eigenvalue weighted by atomic mass is 10.2. The van der Waals surface area contributed by atoms with Gasteiger partial charge in [0.1, 0.15) is 0 Å². The maximum Gasteiger partial charge on any atom is 0.0946 e. The highest BCUT2D eigenvalue weighted by Crippen LogP contribution is 1.88. The monoisotopic (exact) mass is 341 g/mol. The van der Waals surface area contributed by atoms with Gasteiger partial charge in [0.25, 0.3) is 0 Å². The predicted molar refractivity (Wildman–Crippen MR) is 93.3 cm³/mol. The van der Waals surface area contributed by atoms with E-state index in [1.165, 1.54) is 58.2 Å². The molecule has 130 valence electrons. The molecule has 0 rings (SSSR count). The zero-order valence-corrected chi connectivity index (χ0v) is 15.8. The largest absolute Gasteiger partial charge is 0.748 e. The average Bonchev–Trinajstić information content (AvgIpc) is 2.44. The Balaban J connectivity index is 0. The van der Waals surface area contributed by atoms with Crippen LogP contribution in [-0.4, -0.2) is 44.1 Å². The lowest BCUT2D eigenvalue weighted by Gasteiger charge is -2.18. The van der Waals surface area contributed by atoms with E-state index in [4.69, 9.17) is 0 Å². The zero-order chi connectivity index (χ0) is 16.6. The number of thiol groups is 1. The van der Waals surface area contributed by atoms with E-state index in [-0.39, 0.29) is 5.75 Å². The van der Waals surface area contributed by atoms with Gasteiger partial charge >= 0.3 is 0 Å². The molecule has 0 radical (unpaired) electrons. The van der Waals surface area contributed by atoms with E-state index in [1.54, 1.807) is 0 Å². The summed E-state index contributed by atoms with van der Waals surface area (Å²) in [5, 5.41) is 0. The third kappa shape index (κ3) is 22.6. The van der Waals surface area contributed by atoms with Crippen LogP contribution in [0.3, 0.4) is 0 Å². The highest BCUT2D eigenvalue weighted by Gasteiger charge is 2.05. The Morgan fingerprint density at radius 2 is 1.24 bits per heavy atom. The van der Waals surface area contributed by atoms with Crippen LogP contribution in [0, 0.1) is 0 Å². The summed E-state index contributed by atoms with van der Waals surface area (Å²) in [7, 11) is -3.99. The molecule has 0 fully saturated rings. The molecule has 0 aromatic rings. The Hall–Kier alpha value is 0.220. The Kier molecular flexibility index (Phi) is 18.6. The molecule has 0 bridgehead atoms. The quantitative estimate of drug-likeness (QED) is 0.422. The van der Waals surface area contributed by atoms with Gasteiger partial charge in [0, 0.05) is 5.75 Å². The van der Waals surface area contributed by atoms with Gasteiger partial charge in [-0.2, -0.15) is 12.6 Å². The fourth-order valence-corrected chi connectivity index (χ4v) is 2.77. The van der Waals surface area contributed by atoms with E-state index in [2.05, 4.69) is 33.4 Å². The van der Waals surface area contributed by atoms with Gasteiger partial charge < -0.3 is 9.45 Å². The van der Waals surface area contributed by atoms with Crippen molar-refractivity contribution in [1.29, 1.82) is 0 Å². The van der Waals surface area contributed by atoms with Gasteiger partial charge in [-0.1, -0.05) is 40.0 Å². The average molecular weight is 342 g/mol. The van der Waals surface area contributed by atoms with Crippen LogP contribution in [0.2, 0.25) is 0 Å². The van der Waals surface area contributed by atoms with Crippen molar-refractivity contribution >= 4 is 22.7 Å². The molecule has 6 heteroatoms. The number of hydrogen-bond donors (Lipinski definition) is 2. The van der Waals surface area contributed by atoms with Crippen molar-refractivity contribution < 1.29 is 17.9 Å². The van der Waals surface area contributed by atoms with Crippen molar-refractivity contribution in [1.82, 2.24) is 0 Å². The van der Waals surface area contributed by atoms with E-state index >= 15 is 0 Å². The molecule has 0 unspecified atom stereocenters. The summed E-state index contributed by atoms with van der Waals surface area (Å²) in [5.74, 6) is 0.151. The Labute approximate surface area is 137 Å². The molecule has 4 nitrogen and oxygen atoms in total. The minimum Gasteiger partial charge on any atom is -0.748 e. The highest BCUT2D eigenvalue weighted by atomic mass is 32.2. The number of rotatable bonds is 12. The summed E-state index contributed by atoms with van der Waals surface area (Å²) in [6, 6.07) is 0. The third-order valence-electron chi connectivity index (χ3n) is 3.20. The van der Waals surface area contributed by atoms with Crippen LogP contribution in [0.1, 0.15) is 65.7 Å². The Bertz CT molecular complexity index is 276. The van der Waals surface area contributed by atoms with Gasteiger partial charge in [0.05, 0.1) is 29.8 Å². The van der Waals surface area contributed by atoms with Gasteiger partial charge in [0.2, 0.25) is 0 Å². The first kappa shape index (κ1) is 23.5. The molecule has 0 aromatic heterocycles. The van der Waals surface area contributed by atoms with Crippen LogP contribution in [-0.2, 0) is 10.1 Å². The van der Waals surface area contributed by atoms with Gasteiger partial charge in [-0.3, -0.25) is 0 Å². The van der Waals surface area contributed by atoms with Crippen molar-refractivity contribution in [3.8, 4) is 0 Å². The number of hydrogen-bond acceptors (Lipinski definition) is 4. The molecule has 0 aliphatic rings. The molecule has 0 saturated heterocycles. The van der Waals surface area contributed by atoms with Crippen LogP contribution in [0.4, 0.5) is 0 Å². The Morgan fingerprint density at radius 1 is 0.857 bits per heavy atom. The molecular formula is C15H35NO3S2. The minimum absolute atomic E-state index is 0.295. The topological polar surface area (TPSA) is 61.6 Å². The predicted octanol–water partition coefficient (Wildman–Crippen LogP) is 2.12. The summed E-state index contributed by atoms with van der Waals surface area (Å²) in [6.45, 7) is 11.1. The molecule has 0 saturated carbocycles. The van der Waals surface area contributed by atoms with Crippen LogP contribution in [0.15, 0.2) is 0 Å². The van der Waals surface area contributed by atoms with Crippen LogP contribution >= 0.6 is 12.6 Å². The molecule has 0 aromatic carbocycles. The fourth-order valence-electron chi connectivity index (χ4n) is 1.90. The zero-order valence-electron chi connectivity index (χ0n) is 14.1. The maximum atomic E-state index is 9.80. The molecule has 0 aliphatic carbocycles. The summed E-state index contributed by atoms with van der Waals surface area (Å²) in [5.41, 5.74) is 0. The van der Waals surface area contributed by atoms with Crippen molar-refractivity contribution in [2.24, 2.45) is 0 Å². The number of nitrogens with one attached hydrogen (secondary N) is 1. The van der Waals surface area contributed by atoms with Crippen LogP contribution < -0.4 is 4.90 Å². The third-order valence-corrected chi connectivity index (χ3v) is 4.31.